The molecule has 1 unspecified atom stereocenters. The van der Waals surface area contributed by atoms with Crippen LogP contribution in [0.15, 0.2) is 24.3 Å². The molecule has 2 aromatic rings. The summed E-state index contributed by atoms with van der Waals surface area (Å²) in [4.78, 5) is 5.95. The topological polar surface area (TPSA) is 24.9 Å². The molecule has 0 saturated heterocycles. The van der Waals surface area contributed by atoms with E-state index in [0.29, 0.717) is 0 Å². The predicted molar refractivity (Wildman–Crippen MR) is 84.1 cm³/mol. The first-order valence-electron chi connectivity index (χ1n) is 6.90. The van der Waals surface area contributed by atoms with E-state index >= 15 is 0 Å². The fourth-order valence-corrected chi connectivity index (χ4v) is 3.31. The Balaban J connectivity index is 2.19. The molecule has 0 aliphatic heterocycles. The minimum atomic E-state index is 0.253. The summed E-state index contributed by atoms with van der Waals surface area (Å²) < 4.78 is 0. The number of rotatable bonds is 5. The first kappa shape index (κ1) is 14.1. The number of hydrogen-bond donors (Lipinski definition) is 1. The van der Waals surface area contributed by atoms with Crippen molar-refractivity contribution < 1.29 is 0 Å². The van der Waals surface area contributed by atoms with Crippen molar-refractivity contribution in [3.8, 4) is 0 Å². The molecule has 0 amide bonds. The zero-order chi connectivity index (χ0) is 13.8. The number of nitrogens with zero attached hydrogens (tertiary/aromatic N) is 1. The van der Waals surface area contributed by atoms with Gasteiger partial charge in [0.2, 0.25) is 0 Å². The van der Waals surface area contributed by atoms with Crippen LogP contribution in [0.2, 0.25) is 0 Å². The van der Waals surface area contributed by atoms with Gasteiger partial charge in [0.15, 0.2) is 0 Å². The fourth-order valence-electron chi connectivity index (χ4n) is 2.40. The van der Waals surface area contributed by atoms with Gasteiger partial charge in [0.25, 0.3) is 0 Å². The SMILES string of the molecule is CCCc1ccccc1NC(C)c1nc(C)sc1C. The first-order valence-corrected chi connectivity index (χ1v) is 7.71. The van der Waals surface area contributed by atoms with Crippen molar-refractivity contribution in [1.29, 1.82) is 0 Å². The number of benzene rings is 1. The molecule has 1 atom stereocenters. The summed E-state index contributed by atoms with van der Waals surface area (Å²) in [5, 5.41) is 4.75. The maximum absolute atomic E-state index is 4.64. The molecule has 0 spiro atoms. The minimum Gasteiger partial charge on any atom is -0.377 e. The van der Waals surface area contributed by atoms with Crippen LogP contribution in [0.5, 0.6) is 0 Å². The summed E-state index contributed by atoms with van der Waals surface area (Å²) in [6, 6.07) is 8.82. The Morgan fingerprint density at radius 3 is 2.63 bits per heavy atom. The van der Waals surface area contributed by atoms with Crippen molar-refractivity contribution in [3.05, 3.63) is 45.4 Å². The van der Waals surface area contributed by atoms with Crippen LogP contribution in [0.1, 0.15) is 47.5 Å². The van der Waals surface area contributed by atoms with Crippen LogP contribution in [0.25, 0.3) is 0 Å². The van der Waals surface area contributed by atoms with Gasteiger partial charge < -0.3 is 5.32 Å². The van der Waals surface area contributed by atoms with Crippen LogP contribution in [-0.4, -0.2) is 4.98 Å². The lowest BCUT2D eigenvalue weighted by molar-refractivity contribution is 0.829. The number of thiazole rings is 1. The molecule has 0 aliphatic carbocycles. The molecule has 19 heavy (non-hydrogen) atoms. The number of aryl methyl sites for hydroxylation is 3. The van der Waals surface area contributed by atoms with E-state index in [9.17, 15) is 0 Å². The Hall–Kier alpha value is -1.35. The summed E-state index contributed by atoms with van der Waals surface area (Å²) >= 11 is 1.77. The quantitative estimate of drug-likeness (QED) is 0.840. The molecular formula is C16H22N2S. The van der Waals surface area contributed by atoms with E-state index in [-0.39, 0.29) is 6.04 Å². The Bertz CT molecular complexity index is 545. The first-order chi connectivity index (χ1) is 9.11. The number of para-hydroxylation sites is 1. The Labute approximate surface area is 119 Å². The molecule has 0 radical (unpaired) electrons. The monoisotopic (exact) mass is 274 g/mol. The van der Waals surface area contributed by atoms with Gasteiger partial charge in [-0.1, -0.05) is 31.5 Å². The third-order valence-corrected chi connectivity index (χ3v) is 4.16. The van der Waals surface area contributed by atoms with Crippen molar-refractivity contribution in [2.24, 2.45) is 0 Å². The highest BCUT2D eigenvalue weighted by atomic mass is 32.1. The third kappa shape index (κ3) is 3.35. The van der Waals surface area contributed by atoms with E-state index in [0.717, 1.165) is 11.4 Å². The summed E-state index contributed by atoms with van der Waals surface area (Å²) in [6.07, 6.45) is 2.28. The van der Waals surface area contributed by atoms with Crippen LogP contribution in [0.3, 0.4) is 0 Å². The molecule has 0 bridgehead atoms. The maximum Gasteiger partial charge on any atom is 0.0901 e. The molecule has 0 aliphatic rings. The molecular weight excluding hydrogens is 252 g/mol. The molecule has 1 heterocycles. The van der Waals surface area contributed by atoms with Crippen LogP contribution in [0.4, 0.5) is 5.69 Å². The molecule has 1 aromatic carbocycles. The molecule has 2 nitrogen and oxygen atoms in total. The van der Waals surface area contributed by atoms with Gasteiger partial charge in [0, 0.05) is 10.6 Å². The van der Waals surface area contributed by atoms with Gasteiger partial charge in [0.05, 0.1) is 16.7 Å². The van der Waals surface area contributed by atoms with Gasteiger partial charge >= 0.3 is 0 Å². The average Bonchev–Trinajstić information content (AvgIpc) is 2.71. The van der Waals surface area contributed by atoms with E-state index in [4.69, 9.17) is 0 Å². The summed E-state index contributed by atoms with van der Waals surface area (Å²) in [6.45, 7) is 8.62. The molecule has 1 aromatic heterocycles. The van der Waals surface area contributed by atoms with Gasteiger partial charge in [-0.2, -0.15) is 0 Å². The normalized spacial score (nSPS) is 12.4. The van der Waals surface area contributed by atoms with E-state index in [2.05, 4.69) is 62.3 Å². The van der Waals surface area contributed by atoms with E-state index < -0.39 is 0 Å². The highest BCUT2D eigenvalue weighted by molar-refractivity contribution is 7.11. The number of anilines is 1. The van der Waals surface area contributed by atoms with Crippen LogP contribution < -0.4 is 5.32 Å². The van der Waals surface area contributed by atoms with Gasteiger partial charge in [0.1, 0.15) is 0 Å². The van der Waals surface area contributed by atoms with Gasteiger partial charge in [-0.3, -0.25) is 0 Å². The van der Waals surface area contributed by atoms with Crippen molar-refractivity contribution in [3.63, 3.8) is 0 Å². The molecule has 1 N–H and O–H groups in total. The highest BCUT2D eigenvalue weighted by Gasteiger charge is 2.14. The van der Waals surface area contributed by atoms with Crippen LogP contribution in [-0.2, 0) is 6.42 Å². The largest absolute Gasteiger partial charge is 0.377 e. The van der Waals surface area contributed by atoms with Gasteiger partial charge in [-0.15, -0.1) is 11.3 Å². The van der Waals surface area contributed by atoms with Crippen LogP contribution >= 0.6 is 11.3 Å². The van der Waals surface area contributed by atoms with Gasteiger partial charge in [-0.05, 0) is 38.8 Å². The second-order valence-electron chi connectivity index (χ2n) is 4.95. The lowest BCUT2D eigenvalue weighted by atomic mass is 10.1. The van der Waals surface area contributed by atoms with E-state index in [1.54, 1.807) is 11.3 Å². The standard InChI is InChI=1S/C16H22N2S/c1-5-8-14-9-6-7-10-15(14)17-11(2)16-12(3)19-13(4)18-16/h6-7,9-11,17H,5,8H2,1-4H3. The van der Waals surface area contributed by atoms with Crippen LogP contribution in [0, 0.1) is 13.8 Å². The van der Waals surface area contributed by atoms with E-state index in [1.165, 1.54) is 28.2 Å². The maximum atomic E-state index is 4.64. The van der Waals surface area contributed by atoms with Crippen molar-refractivity contribution in [1.82, 2.24) is 4.98 Å². The number of nitrogens with one attached hydrogen (secondary N) is 1. The highest BCUT2D eigenvalue weighted by Crippen LogP contribution is 2.27. The zero-order valence-corrected chi connectivity index (χ0v) is 13.0. The third-order valence-electron chi connectivity index (χ3n) is 3.26. The molecule has 3 heteroatoms. The number of aromatic nitrogens is 1. The lowest BCUT2D eigenvalue weighted by Crippen LogP contribution is -2.10. The minimum absolute atomic E-state index is 0.253. The number of hydrogen-bond acceptors (Lipinski definition) is 3. The molecule has 2 rings (SSSR count). The fraction of sp³-hybridized carbons (Fsp3) is 0.438. The van der Waals surface area contributed by atoms with Crippen molar-refractivity contribution >= 4 is 17.0 Å². The Morgan fingerprint density at radius 1 is 1.26 bits per heavy atom. The zero-order valence-electron chi connectivity index (χ0n) is 12.2. The van der Waals surface area contributed by atoms with Crippen molar-refractivity contribution in [2.45, 2.75) is 46.6 Å². The summed E-state index contributed by atoms with van der Waals surface area (Å²) in [5.74, 6) is 0. The summed E-state index contributed by atoms with van der Waals surface area (Å²) in [7, 11) is 0. The predicted octanol–water partition coefficient (Wildman–Crippen LogP) is 4.89. The van der Waals surface area contributed by atoms with Crippen molar-refractivity contribution in [2.75, 3.05) is 5.32 Å². The molecule has 0 saturated carbocycles. The second kappa shape index (κ2) is 6.20. The second-order valence-corrected chi connectivity index (χ2v) is 6.35. The average molecular weight is 274 g/mol. The molecule has 102 valence electrons. The summed E-state index contributed by atoms with van der Waals surface area (Å²) in [5.41, 5.74) is 3.80. The lowest BCUT2D eigenvalue weighted by Gasteiger charge is -2.17. The Kier molecular flexibility index (Phi) is 4.59. The van der Waals surface area contributed by atoms with E-state index in [1.807, 2.05) is 0 Å². The smallest absolute Gasteiger partial charge is 0.0901 e. The molecule has 0 fully saturated rings. The Morgan fingerprint density at radius 2 is 2.00 bits per heavy atom. The van der Waals surface area contributed by atoms with Gasteiger partial charge in [-0.25, -0.2) is 4.98 Å².